The summed E-state index contributed by atoms with van der Waals surface area (Å²) in [5.74, 6) is 3.32. The average Bonchev–Trinajstić information content (AvgIpc) is 3.11. The van der Waals surface area contributed by atoms with Crippen LogP contribution >= 0.6 is 35.6 Å². The predicted octanol–water partition coefficient (Wildman–Crippen LogP) is 2.82. The topological polar surface area (TPSA) is 85.6 Å². The van der Waals surface area contributed by atoms with Gasteiger partial charge in [0.15, 0.2) is 11.8 Å². The van der Waals surface area contributed by atoms with Crippen LogP contribution in [0.3, 0.4) is 0 Å². The molecule has 10 heteroatoms. The van der Waals surface area contributed by atoms with E-state index in [1.54, 1.807) is 14.2 Å². The molecule has 1 aliphatic rings. The van der Waals surface area contributed by atoms with Crippen molar-refractivity contribution in [2.75, 3.05) is 27.3 Å². The van der Waals surface area contributed by atoms with Crippen molar-refractivity contribution in [3.63, 3.8) is 0 Å². The van der Waals surface area contributed by atoms with E-state index in [0.29, 0.717) is 18.2 Å². The van der Waals surface area contributed by atoms with Gasteiger partial charge < -0.3 is 20.1 Å². The Labute approximate surface area is 199 Å². The fraction of sp³-hybridized carbons (Fsp3) is 0.550. The van der Waals surface area contributed by atoms with Crippen molar-refractivity contribution in [1.82, 2.24) is 25.4 Å². The predicted molar refractivity (Wildman–Crippen MR) is 129 cm³/mol. The molecule has 0 amide bonds. The third-order valence-corrected chi connectivity index (χ3v) is 5.12. The summed E-state index contributed by atoms with van der Waals surface area (Å²) in [5.41, 5.74) is 1.06. The van der Waals surface area contributed by atoms with E-state index in [9.17, 15) is 0 Å². The molecular formula is C20H30ClIN6O2. The average molecular weight is 549 g/mol. The second-order valence-corrected chi connectivity index (χ2v) is 7.31. The van der Waals surface area contributed by atoms with Crippen molar-refractivity contribution in [2.24, 2.45) is 4.99 Å². The van der Waals surface area contributed by atoms with E-state index in [1.807, 2.05) is 22.9 Å². The van der Waals surface area contributed by atoms with Gasteiger partial charge in [0.05, 0.1) is 13.7 Å². The summed E-state index contributed by atoms with van der Waals surface area (Å²) < 4.78 is 12.3. The van der Waals surface area contributed by atoms with E-state index in [0.717, 1.165) is 61.3 Å². The normalized spacial score (nSPS) is 15.9. The van der Waals surface area contributed by atoms with Gasteiger partial charge in [-0.3, -0.25) is 4.99 Å². The minimum Gasteiger partial charge on any atom is -0.497 e. The Hall–Kier alpha value is -1.59. The fourth-order valence-corrected chi connectivity index (χ4v) is 3.59. The minimum absolute atomic E-state index is 0. The number of nitrogens with one attached hydrogen (secondary N) is 2. The van der Waals surface area contributed by atoms with E-state index >= 15 is 0 Å². The third kappa shape index (κ3) is 6.71. The second-order valence-electron chi connectivity index (χ2n) is 6.91. The quantitative estimate of drug-likeness (QED) is 0.300. The van der Waals surface area contributed by atoms with Crippen LogP contribution in [0, 0.1) is 0 Å². The highest BCUT2D eigenvalue weighted by atomic mass is 127. The third-order valence-electron chi connectivity index (χ3n) is 4.77. The van der Waals surface area contributed by atoms with Gasteiger partial charge in [-0.05, 0) is 37.5 Å². The fourth-order valence-electron chi connectivity index (χ4n) is 3.33. The summed E-state index contributed by atoms with van der Waals surface area (Å²) in [5, 5.41) is 12.1. The number of guanidine groups is 1. The van der Waals surface area contributed by atoms with Crippen LogP contribution in [0.5, 0.6) is 5.75 Å². The van der Waals surface area contributed by atoms with Crippen LogP contribution in [0.1, 0.15) is 30.6 Å². The maximum absolute atomic E-state index is 6.33. The van der Waals surface area contributed by atoms with Crippen LogP contribution in [0.25, 0.3) is 0 Å². The molecule has 1 aromatic carbocycles. The summed E-state index contributed by atoms with van der Waals surface area (Å²) >= 11 is 6.33. The number of rotatable bonds is 8. The van der Waals surface area contributed by atoms with Crippen LogP contribution in [-0.2, 0) is 30.7 Å². The highest BCUT2D eigenvalue weighted by Crippen LogP contribution is 2.22. The Morgan fingerprint density at radius 1 is 1.37 bits per heavy atom. The molecule has 8 nitrogen and oxygen atoms in total. The van der Waals surface area contributed by atoms with E-state index in [-0.39, 0.29) is 30.0 Å². The highest BCUT2D eigenvalue weighted by Gasteiger charge is 2.22. The zero-order valence-electron chi connectivity index (χ0n) is 17.7. The van der Waals surface area contributed by atoms with Crippen molar-refractivity contribution < 1.29 is 9.47 Å². The summed E-state index contributed by atoms with van der Waals surface area (Å²) in [6.07, 6.45) is 2.63. The Kier molecular flexibility index (Phi) is 10.1. The lowest BCUT2D eigenvalue weighted by atomic mass is 10.1. The van der Waals surface area contributed by atoms with Crippen LogP contribution in [0.2, 0.25) is 5.02 Å². The van der Waals surface area contributed by atoms with Crippen molar-refractivity contribution in [1.29, 1.82) is 0 Å². The van der Waals surface area contributed by atoms with Crippen LogP contribution in [-0.4, -0.2) is 54.1 Å². The number of aryl methyl sites for hydroxylation is 1. The lowest BCUT2D eigenvalue weighted by Crippen LogP contribution is -2.47. The van der Waals surface area contributed by atoms with E-state index < -0.39 is 0 Å². The van der Waals surface area contributed by atoms with Gasteiger partial charge in [-0.25, -0.2) is 9.67 Å². The monoisotopic (exact) mass is 548 g/mol. The van der Waals surface area contributed by atoms with E-state index in [2.05, 4.69) is 27.6 Å². The molecule has 2 heterocycles. The van der Waals surface area contributed by atoms with Gasteiger partial charge in [-0.1, -0.05) is 17.7 Å². The molecule has 2 aromatic rings. The number of halogens is 2. The van der Waals surface area contributed by atoms with Crippen LogP contribution in [0.15, 0.2) is 23.2 Å². The molecule has 0 saturated carbocycles. The summed E-state index contributed by atoms with van der Waals surface area (Å²) in [6, 6.07) is 5.99. The SMILES string of the molecule is CCNC(=NCCc1ccc(OC)cc1Cl)NC1CCc2nc(COC)nn2C1.I. The largest absolute Gasteiger partial charge is 0.497 e. The zero-order valence-corrected chi connectivity index (χ0v) is 20.7. The molecule has 0 bridgehead atoms. The molecule has 30 heavy (non-hydrogen) atoms. The number of fused-ring (bicyclic) bond motifs is 1. The number of aromatic nitrogens is 3. The summed E-state index contributed by atoms with van der Waals surface area (Å²) in [7, 11) is 3.29. The zero-order chi connectivity index (χ0) is 20.6. The minimum atomic E-state index is 0. The molecule has 1 unspecified atom stereocenters. The number of hydrogen-bond acceptors (Lipinski definition) is 5. The lowest BCUT2D eigenvalue weighted by Gasteiger charge is -2.25. The first-order valence-corrected chi connectivity index (χ1v) is 10.3. The van der Waals surface area contributed by atoms with Gasteiger partial charge in [-0.2, -0.15) is 5.10 Å². The first kappa shape index (κ1) is 24.7. The Morgan fingerprint density at radius 3 is 2.90 bits per heavy atom. The Morgan fingerprint density at radius 2 is 2.20 bits per heavy atom. The van der Waals surface area contributed by atoms with Gasteiger partial charge in [0, 0.05) is 37.7 Å². The molecule has 1 atom stereocenters. The van der Waals surface area contributed by atoms with Gasteiger partial charge in [-0.15, -0.1) is 24.0 Å². The highest BCUT2D eigenvalue weighted by molar-refractivity contribution is 14.0. The molecule has 1 aliphatic heterocycles. The number of nitrogens with zero attached hydrogens (tertiary/aromatic N) is 4. The van der Waals surface area contributed by atoms with Gasteiger partial charge in [0.2, 0.25) is 0 Å². The summed E-state index contributed by atoms with van der Waals surface area (Å²) in [6.45, 7) is 4.71. The number of benzene rings is 1. The van der Waals surface area contributed by atoms with E-state index in [1.165, 1.54) is 0 Å². The number of aliphatic imine (C=N–C) groups is 1. The van der Waals surface area contributed by atoms with Gasteiger partial charge in [0.1, 0.15) is 18.2 Å². The van der Waals surface area contributed by atoms with Crippen molar-refractivity contribution >= 4 is 41.5 Å². The maximum Gasteiger partial charge on any atom is 0.191 e. The van der Waals surface area contributed by atoms with Crippen molar-refractivity contribution in [3.05, 3.63) is 40.4 Å². The molecule has 3 rings (SSSR count). The standard InChI is InChI=1S/C20H29ClN6O2.HI/c1-4-22-20(23-10-9-14-5-7-16(29-3)11-17(14)21)24-15-6-8-19-25-18(13-28-2)26-27(19)12-15;/h5,7,11,15H,4,6,8-10,12-13H2,1-3H3,(H2,22,23,24);1H. The molecule has 0 saturated heterocycles. The number of methoxy groups -OCH3 is 2. The smallest absolute Gasteiger partial charge is 0.191 e. The van der Waals surface area contributed by atoms with Crippen molar-refractivity contribution in [2.45, 2.75) is 45.4 Å². The Bertz CT molecular complexity index is 845. The first-order valence-electron chi connectivity index (χ1n) is 9.91. The molecule has 0 fully saturated rings. The van der Waals surface area contributed by atoms with Gasteiger partial charge in [0.25, 0.3) is 0 Å². The second kappa shape index (κ2) is 12.3. The molecule has 2 N–H and O–H groups in total. The lowest BCUT2D eigenvalue weighted by molar-refractivity contribution is 0.177. The molecule has 0 aliphatic carbocycles. The van der Waals surface area contributed by atoms with Crippen molar-refractivity contribution in [3.8, 4) is 5.75 Å². The molecule has 0 radical (unpaired) electrons. The number of ether oxygens (including phenoxy) is 2. The summed E-state index contributed by atoms with van der Waals surface area (Å²) in [4.78, 5) is 9.24. The Balaban J connectivity index is 0.00000320. The molecule has 1 aromatic heterocycles. The van der Waals surface area contributed by atoms with Crippen LogP contribution in [0.4, 0.5) is 0 Å². The van der Waals surface area contributed by atoms with Crippen LogP contribution < -0.4 is 15.4 Å². The first-order chi connectivity index (χ1) is 14.1. The molecule has 0 spiro atoms. The van der Waals surface area contributed by atoms with E-state index in [4.69, 9.17) is 26.1 Å². The van der Waals surface area contributed by atoms with Gasteiger partial charge >= 0.3 is 0 Å². The molecule has 166 valence electrons. The number of hydrogen-bond donors (Lipinski definition) is 2. The molecular weight excluding hydrogens is 519 g/mol. The maximum atomic E-state index is 6.33.